The Morgan fingerprint density at radius 1 is 1.40 bits per heavy atom. The van der Waals surface area contributed by atoms with E-state index in [2.05, 4.69) is 4.98 Å². The van der Waals surface area contributed by atoms with Crippen molar-refractivity contribution in [2.75, 3.05) is 40.8 Å². The van der Waals surface area contributed by atoms with Gasteiger partial charge in [-0.3, -0.25) is 14.5 Å². The molecule has 0 saturated carbocycles. The van der Waals surface area contributed by atoms with Crippen molar-refractivity contribution < 1.29 is 14.0 Å². The molecule has 2 amide bonds. The molecule has 0 N–H and O–H groups in total. The first-order chi connectivity index (χ1) is 9.40. The average Bonchev–Trinajstić information content (AvgIpc) is 2.84. The standard InChI is InChI=1S/C13H20N4O3/c1-9-14-10(8-20-9)12(18)17-6-5-16(4)11(7-17)13(19)15(2)3/h8,11H,5-7H2,1-4H3/t11-/m0/s1. The van der Waals surface area contributed by atoms with Gasteiger partial charge in [-0.2, -0.15) is 0 Å². The quantitative estimate of drug-likeness (QED) is 0.752. The van der Waals surface area contributed by atoms with E-state index in [1.165, 1.54) is 6.26 Å². The number of likely N-dealkylation sites (N-methyl/N-ethyl adjacent to an activating group) is 2. The number of rotatable bonds is 2. The zero-order chi connectivity index (χ0) is 14.9. The van der Waals surface area contributed by atoms with Crippen LogP contribution in [-0.2, 0) is 4.79 Å². The molecule has 2 rings (SSSR count). The number of aromatic nitrogens is 1. The summed E-state index contributed by atoms with van der Waals surface area (Å²) in [6.45, 7) is 3.31. The summed E-state index contributed by atoms with van der Waals surface area (Å²) in [4.78, 5) is 33.7. The SMILES string of the molecule is Cc1nc(C(=O)N2CCN(C)[C@H](C(=O)N(C)C)C2)co1. The zero-order valence-electron chi connectivity index (χ0n) is 12.3. The molecule has 2 heterocycles. The van der Waals surface area contributed by atoms with Crippen LogP contribution in [0.4, 0.5) is 0 Å². The second-order valence-electron chi connectivity index (χ2n) is 5.23. The van der Waals surface area contributed by atoms with E-state index in [0.717, 1.165) is 0 Å². The van der Waals surface area contributed by atoms with Gasteiger partial charge in [0.15, 0.2) is 11.6 Å². The van der Waals surface area contributed by atoms with Crippen molar-refractivity contribution in [3.63, 3.8) is 0 Å². The predicted molar refractivity (Wildman–Crippen MR) is 72.3 cm³/mol. The first kappa shape index (κ1) is 14.5. The fourth-order valence-electron chi connectivity index (χ4n) is 2.25. The summed E-state index contributed by atoms with van der Waals surface area (Å²) in [6.07, 6.45) is 1.36. The highest BCUT2D eigenvalue weighted by atomic mass is 16.3. The molecule has 0 spiro atoms. The number of nitrogens with zero attached hydrogens (tertiary/aromatic N) is 4. The Morgan fingerprint density at radius 2 is 2.10 bits per heavy atom. The van der Waals surface area contributed by atoms with Crippen LogP contribution in [-0.4, -0.2) is 78.3 Å². The van der Waals surface area contributed by atoms with Gasteiger partial charge in [-0.1, -0.05) is 0 Å². The van der Waals surface area contributed by atoms with Crippen molar-refractivity contribution in [1.82, 2.24) is 19.7 Å². The molecule has 7 heteroatoms. The molecular weight excluding hydrogens is 260 g/mol. The van der Waals surface area contributed by atoms with E-state index < -0.39 is 0 Å². The maximum atomic E-state index is 12.3. The minimum Gasteiger partial charge on any atom is -0.448 e. The molecule has 1 aliphatic heterocycles. The third kappa shape index (κ3) is 2.82. The van der Waals surface area contributed by atoms with E-state index in [4.69, 9.17) is 4.42 Å². The van der Waals surface area contributed by atoms with Gasteiger partial charge in [0.1, 0.15) is 12.3 Å². The van der Waals surface area contributed by atoms with Crippen molar-refractivity contribution >= 4 is 11.8 Å². The molecule has 1 atom stereocenters. The normalized spacial score (nSPS) is 20.0. The topological polar surface area (TPSA) is 69.9 Å². The summed E-state index contributed by atoms with van der Waals surface area (Å²) >= 11 is 0. The molecule has 1 aromatic rings. The summed E-state index contributed by atoms with van der Waals surface area (Å²) < 4.78 is 5.07. The summed E-state index contributed by atoms with van der Waals surface area (Å²) in [7, 11) is 5.34. The lowest BCUT2D eigenvalue weighted by atomic mass is 10.1. The molecule has 1 aromatic heterocycles. The van der Waals surface area contributed by atoms with Crippen LogP contribution in [0.3, 0.4) is 0 Å². The molecule has 0 radical (unpaired) electrons. The third-order valence-electron chi connectivity index (χ3n) is 3.50. The van der Waals surface area contributed by atoms with Gasteiger partial charge in [-0.05, 0) is 7.05 Å². The summed E-state index contributed by atoms with van der Waals surface area (Å²) in [5, 5.41) is 0. The van der Waals surface area contributed by atoms with Gasteiger partial charge < -0.3 is 14.2 Å². The van der Waals surface area contributed by atoms with E-state index in [1.54, 1.807) is 30.8 Å². The summed E-state index contributed by atoms with van der Waals surface area (Å²) in [6, 6.07) is -0.310. The van der Waals surface area contributed by atoms with E-state index in [1.807, 2.05) is 11.9 Å². The highest BCUT2D eigenvalue weighted by Crippen LogP contribution is 2.13. The second-order valence-corrected chi connectivity index (χ2v) is 5.23. The van der Waals surface area contributed by atoms with Gasteiger partial charge in [-0.25, -0.2) is 4.98 Å². The van der Waals surface area contributed by atoms with Gasteiger partial charge in [-0.15, -0.1) is 0 Å². The molecule has 1 aliphatic rings. The van der Waals surface area contributed by atoms with Gasteiger partial charge in [0.25, 0.3) is 5.91 Å². The van der Waals surface area contributed by atoms with E-state index >= 15 is 0 Å². The number of amides is 2. The number of carbonyl (C=O) groups excluding carboxylic acids is 2. The highest BCUT2D eigenvalue weighted by molar-refractivity contribution is 5.93. The van der Waals surface area contributed by atoms with Gasteiger partial charge in [0, 0.05) is 40.7 Å². The van der Waals surface area contributed by atoms with Gasteiger partial charge in [0.05, 0.1) is 0 Å². The lowest BCUT2D eigenvalue weighted by molar-refractivity contribution is -0.135. The fraction of sp³-hybridized carbons (Fsp3) is 0.615. The molecule has 0 bridgehead atoms. The van der Waals surface area contributed by atoms with Crippen molar-refractivity contribution in [3.8, 4) is 0 Å². The largest absolute Gasteiger partial charge is 0.448 e. The average molecular weight is 280 g/mol. The van der Waals surface area contributed by atoms with Crippen molar-refractivity contribution in [2.24, 2.45) is 0 Å². The third-order valence-corrected chi connectivity index (χ3v) is 3.50. The number of piperazine rings is 1. The van der Waals surface area contributed by atoms with Crippen molar-refractivity contribution in [3.05, 3.63) is 17.8 Å². The van der Waals surface area contributed by atoms with Gasteiger partial charge in [0.2, 0.25) is 5.91 Å². The number of hydrogen-bond acceptors (Lipinski definition) is 5. The lowest BCUT2D eigenvalue weighted by Crippen LogP contribution is -2.58. The maximum absolute atomic E-state index is 12.3. The monoisotopic (exact) mass is 280 g/mol. The Labute approximate surface area is 118 Å². The molecule has 20 heavy (non-hydrogen) atoms. The Kier molecular flexibility index (Phi) is 4.08. The molecular formula is C13H20N4O3. The minimum atomic E-state index is -0.310. The van der Waals surface area contributed by atoms with E-state index in [9.17, 15) is 9.59 Å². The Bertz CT molecular complexity index is 511. The van der Waals surface area contributed by atoms with Crippen LogP contribution in [0.15, 0.2) is 10.7 Å². The minimum absolute atomic E-state index is 0.00123. The van der Waals surface area contributed by atoms with Crippen LogP contribution in [0.25, 0.3) is 0 Å². The molecule has 7 nitrogen and oxygen atoms in total. The van der Waals surface area contributed by atoms with E-state index in [-0.39, 0.29) is 17.9 Å². The van der Waals surface area contributed by atoms with Crippen LogP contribution < -0.4 is 0 Å². The van der Waals surface area contributed by atoms with Crippen LogP contribution in [0.2, 0.25) is 0 Å². The van der Waals surface area contributed by atoms with E-state index in [0.29, 0.717) is 31.2 Å². The Morgan fingerprint density at radius 3 is 2.65 bits per heavy atom. The molecule has 0 unspecified atom stereocenters. The zero-order valence-corrected chi connectivity index (χ0v) is 12.3. The second kappa shape index (κ2) is 5.62. The molecule has 1 fully saturated rings. The lowest BCUT2D eigenvalue weighted by Gasteiger charge is -2.39. The van der Waals surface area contributed by atoms with Crippen molar-refractivity contribution in [2.45, 2.75) is 13.0 Å². The summed E-state index contributed by atoms with van der Waals surface area (Å²) in [5.41, 5.74) is 0.295. The highest BCUT2D eigenvalue weighted by Gasteiger charge is 2.34. The number of aryl methyl sites for hydroxylation is 1. The predicted octanol–water partition coefficient (Wildman–Crippen LogP) is -0.173. The first-order valence-electron chi connectivity index (χ1n) is 6.53. The van der Waals surface area contributed by atoms with Crippen molar-refractivity contribution in [1.29, 1.82) is 0 Å². The fourth-order valence-corrected chi connectivity index (χ4v) is 2.25. The molecule has 0 aromatic carbocycles. The smallest absolute Gasteiger partial charge is 0.275 e. The molecule has 0 aliphatic carbocycles. The van der Waals surface area contributed by atoms with Crippen LogP contribution in [0.1, 0.15) is 16.4 Å². The van der Waals surface area contributed by atoms with Crippen LogP contribution in [0.5, 0.6) is 0 Å². The molecule has 110 valence electrons. The Balaban J connectivity index is 2.10. The van der Waals surface area contributed by atoms with Crippen LogP contribution in [0, 0.1) is 6.92 Å². The maximum Gasteiger partial charge on any atom is 0.275 e. The van der Waals surface area contributed by atoms with Gasteiger partial charge >= 0.3 is 0 Å². The summed E-state index contributed by atoms with van der Waals surface area (Å²) in [5.74, 6) is 0.274. The number of oxazole rings is 1. The molecule has 1 saturated heterocycles. The first-order valence-corrected chi connectivity index (χ1v) is 6.53. The van der Waals surface area contributed by atoms with Crippen LogP contribution >= 0.6 is 0 Å². The number of hydrogen-bond donors (Lipinski definition) is 0. The number of carbonyl (C=O) groups is 2. The Hall–Kier alpha value is -1.89.